The van der Waals surface area contributed by atoms with Crippen molar-refractivity contribution in [1.82, 2.24) is 0 Å². The number of ketones is 1. The van der Waals surface area contributed by atoms with Gasteiger partial charge in [-0.15, -0.1) is 11.3 Å². The summed E-state index contributed by atoms with van der Waals surface area (Å²) in [6.45, 7) is 3.10. The number of benzene rings is 1. The first-order valence-electron chi connectivity index (χ1n) is 7.65. The van der Waals surface area contributed by atoms with Crippen molar-refractivity contribution >= 4 is 34.7 Å². The molecule has 0 saturated carbocycles. The predicted molar refractivity (Wildman–Crippen MR) is 91.7 cm³/mol. The number of carbonyl (C=O) groups is 3. The van der Waals surface area contributed by atoms with E-state index in [1.807, 2.05) is 31.2 Å². The van der Waals surface area contributed by atoms with Gasteiger partial charge in [0, 0.05) is 11.7 Å². The first kappa shape index (κ1) is 16.4. The van der Waals surface area contributed by atoms with E-state index < -0.39 is 5.97 Å². The molecule has 1 aliphatic rings. The Bertz CT molecular complexity index is 811. The summed E-state index contributed by atoms with van der Waals surface area (Å²) >= 11 is 1.07. The number of fused-ring (bicyclic) bond motifs is 1. The number of esters is 1. The zero-order valence-electron chi connectivity index (χ0n) is 13.4. The molecule has 1 amide bonds. The molecule has 1 aromatic heterocycles. The Hall–Kier alpha value is -2.47. The van der Waals surface area contributed by atoms with Crippen molar-refractivity contribution in [1.29, 1.82) is 0 Å². The molecule has 2 aromatic rings. The van der Waals surface area contributed by atoms with Gasteiger partial charge in [-0.2, -0.15) is 0 Å². The van der Waals surface area contributed by atoms with Gasteiger partial charge in [0.25, 0.3) is 5.91 Å². The van der Waals surface area contributed by atoms with E-state index in [1.165, 1.54) is 6.92 Å². The van der Waals surface area contributed by atoms with Crippen molar-refractivity contribution in [2.75, 3.05) is 11.5 Å². The minimum atomic E-state index is -0.582. The lowest BCUT2D eigenvalue weighted by Gasteiger charge is -2.22. The first-order valence-corrected chi connectivity index (χ1v) is 8.47. The number of amides is 1. The number of ether oxygens (including phenoxy) is 1. The van der Waals surface area contributed by atoms with E-state index in [-0.39, 0.29) is 24.3 Å². The first-order chi connectivity index (χ1) is 11.5. The van der Waals surface area contributed by atoms with Crippen LogP contribution in [0.5, 0.6) is 0 Å². The molecule has 1 aromatic carbocycles. The summed E-state index contributed by atoms with van der Waals surface area (Å²) in [7, 11) is 0. The summed E-state index contributed by atoms with van der Waals surface area (Å²) in [5.41, 5.74) is 2.00. The number of para-hydroxylation sites is 1. The summed E-state index contributed by atoms with van der Waals surface area (Å²) in [5.74, 6) is -0.928. The van der Waals surface area contributed by atoms with E-state index in [0.717, 1.165) is 29.0 Å². The van der Waals surface area contributed by atoms with E-state index in [1.54, 1.807) is 17.0 Å². The van der Waals surface area contributed by atoms with Crippen LogP contribution in [0.25, 0.3) is 0 Å². The summed E-state index contributed by atoms with van der Waals surface area (Å²) in [5, 5.41) is 0. The number of Topliss-reactive ketones (excluding diaryl/α,β-unsaturated/α-hetero) is 1. The Morgan fingerprint density at radius 3 is 2.58 bits per heavy atom. The quantitative estimate of drug-likeness (QED) is 0.632. The van der Waals surface area contributed by atoms with Crippen molar-refractivity contribution in [2.24, 2.45) is 0 Å². The topological polar surface area (TPSA) is 63.7 Å². The lowest BCUT2D eigenvalue weighted by molar-refractivity contribution is -0.122. The summed E-state index contributed by atoms with van der Waals surface area (Å²) in [4.78, 5) is 38.3. The molecule has 124 valence electrons. The van der Waals surface area contributed by atoms with Gasteiger partial charge in [-0.25, -0.2) is 4.79 Å². The average molecular weight is 343 g/mol. The van der Waals surface area contributed by atoms with Crippen molar-refractivity contribution in [3.05, 3.63) is 51.7 Å². The highest BCUT2D eigenvalue weighted by atomic mass is 32.1. The third-order valence-corrected chi connectivity index (χ3v) is 5.12. The molecule has 1 aliphatic heterocycles. The fourth-order valence-corrected chi connectivity index (χ4v) is 3.65. The van der Waals surface area contributed by atoms with Crippen LogP contribution in [-0.2, 0) is 16.0 Å². The fraction of sp³-hybridized carbons (Fsp3) is 0.278. The molecule has 0 bridgehead atoms. The molecule has 2 heterocycles. The minimum Gasteiger partial charge on any atom is -0.451 e. The average Bonchev–Trinajstić information content (AvgIpc) is 3.16. The number of rotatable bonds is 4. The molecule has 5 nitrogen and oxygen atoms in total. The highest BCUT2D eigenvalue weighted by molar-refractivity contribution is 7.15. The Morgan fingerprint density at radius 2 is 1.88 bits per heavy atom. The molecular formula is C18H17NO4S. The standard InChI is InChI=1S/C18H17NO4S/c1-11-9-13-5-3-4-6-14(13)19(11)17(21)10-23-18(22)16-8-7-15(24-16)12(2)20/h3-8,11H,9-10H2,1-2H3. The Morgan fingerprint density at radius 1 is 1.17 bits per heavy atom. The smallest absolute Gasteiger partial charge is 0.348 e. The van der Waals surface area contributed by atoms with E-state index in [4.69, 9.17) is 4.74 Å². The van der Waals surface area contributed by atoms with Crippen LogP contribution in [-0.4, -0.2) is 30.3 Å². The highest BCUT2D eigenvalue weighted by Gasteiger charge is 2.31. The number of hydrogen-bond acceptors (Lipinski definition) is 5. The van der Waals surface area contributed by atoms with Crippen LogP contribution in [0, 0.1) is 0 Å². The lowest BCUT2D eigenvalue weighted by atomic mass is 10.1. The SMILES string of the molecule is CC(=O)c1ccc(C(=O)OCC(=O)N2c3ccccc3CC2C)s1. The van der Waals surface area contributed by atoms with Crippen LogP contribution in [0.4, 0.5) is 5.69 Å². The van der Waals surface area contributed by atoms with Gasteiger partial charge in [-0.3, -0.25) is 9.59 Å². The molecule has 1 unspecified atom stereocenters. The fourth-order valence-electron chi connectivity index (χ4n) is 2.85. The molecule has 0 saturated heterocycles. The molecule has 3 rings (SSSR count). The second-order valence-corrected chi connectivity index (χ2v) is 6.83. The Kier molecular flexibility index (Phi) is 4.49. The summed E-state index contributed by atoms with van der Waals surface area (Å²) in [6.07, 6.45) is 0.794. The van der Waals surface area contributed by atoms with Gasteiger partial charge in [0.1, 0.15) is 4.88 Å². The van der Waals surface area contributed by atoms with Crippen molar-refractivity contribution in [2.45, 2.75) is 26.3 Å². The number of thiophene rings is 1. The Balaban J connectivity index is 1.65. The van der Waals surface area contributed by atoms with Gasteiger partial charge in [-0.05, 0) is 44.0 Å². The molecule has 24 heavy (non-hydrogen) atoms. The molecule has 0 N–H and O–H groups in total. The van der Waals surface area contributed by atoms with Crippen molar-refractivity contribution < 1.29 is 19.1 Å². The molecule has 0 radical (unpaired) electrons. The van der Waals surface area contributed by atoms with Crippen LogP contribution in [0.2, 0.25) is 0 Å². The van der Waals surface area contributed by atoms with Gasteiger partial charge in [-0.1, -0.05) is 18.2 Å². The van der Waals surface area contributed by atoms with Gasteiger partial charge in [0.05, 0.1) is 4.88 Å². The monoisotopic (exact) mass is 343 g/mol. The van der Waals surface area contributed by atoms with Crippen LogP contribution in [0.15, 0.2) is 36.4 Å². The largest absolute Gasteiger partial charge is 0.451 e. The highest BCUT2D eigenvalue weighted by Crippen LogP contribution is 2.31. The number of hydrogen-bond donors (Lipinski definition) is 0. The number of anilines is 1. The molecule has 6 heteroatoms. The second-order valence-electron chi connectivity index (χ2n) is 5.74. The molecule has 1 atom stereocenters. The maximum atomic E-state index is 12.5. The van der Waals surface area contributed by atoms with Crippen LogP contribution in [0.1, 0.15) is 38.8 Å². The van der Waals surface area contributed by atoms with E-state index in [2.05, 4.69) is 0 Å². The third-order valence-electron chi connectivity index (χ3n) is 3.96. The zero-order valence-corrected chi connectivity index (χ0v) is 14.3. The lowest BCUT2D eigenvalue weighted by Crippen LogP contribution is -2.38. The van der Waals surface area contributed by atoms with Crippen molar-refractivity contribution in [3.8, 4) is 0 Å². The predicted octanol–water partition coefficient (Wildman–Crippen LogP) is 3.09. The van der Waals surface area contributed by atoms with Gasteiger partial charge in [0.2, 0.25) is 0 Å². The van der Waals surface area contributed by atoms with E-state index >= 15 is 0 Å². The van der Waals surface area contributed by atoms with E-state index in [0.29, 0.717) is 9.75 Å². The molecular weight excluding hydrogens is 326 g/mol. The maximum Gasteiger partial charge on any atom is 0.348 e. The minimum absolute atomic E-state index is 0.0413. The Labute approximate surface area is 143 Å². The molecule has 0 aliphatic carbocycles. The van der Waals surface area contributed by atoms with Gasteiger partial charge in [0.15, 0.2) is 12.4 Å². The van der Waals surface area contributed by atoms with Crippen LogP contribution < -0.4 is 4.90 Å². The second kappa shape index (κ2) is 6.57. The number of nitrogens with zero attached hydrogens (tertiary/aromatic N) is 1. The van der Waals surface area contributed by atoms with Crippen molar-refractivity contribution in [3.63, 3.8) is 0 Å². The zero-order chi connectivity index (χ0) is 17.3. The van der Waals surface area contributed by atoms with Gasteiger partial charge < -0.3 is 9.64 Å². The molecule has 0 fully saturated rings. The molecule has 0 spiro atoms. The number of carbonyl (C=O) groups excluding carboxylic acids is 3. The van der Waals surface area contributed by atoms with E-state index in [9.17, 15) is 14.4 Å². The maximum absolute atomic E-state index is 12.5. The normalized spacial score (nSPS) is 15.9. The van der Waals surface area contributed by atoms with Gasteiger partial charge >= 0.3 is 5.97 Å². The third kappa shape index (κ3) is 3.10. The van der Waals surface area contributed by atoms with Crippen LogP contribution >= 0.6 is 11.3 Å². The summed E-state index contributed by atoms with van der Waals surface area (Å²) in [6, 6.07) is 10.9. The van der Waals surface area contributed by atoms with Crippen LogP contribution in [0.3, 0.4) is 0 Å². The summed E-state index contributed by atoms with van der Waals surface area (Å²) < 4.78 is 5.13.